The Labute approximate surface area is 118 Å². The van der Waals surface area contributed by atoms with Crippen LogP contribution in [-0.4, -0.2) is 41.6 Å². The van der Waals surface area contributed by atoms with E-state index in [0.717, 1.165) is 12.8 Å². The zero-order valence-electron chi connectivity index (χ0n) is 11.7. The maximum absolute atomic E-state index is 11.5. The van der Waals surface area contributed by atoms with E-state index in [0.29, 0.717) is 6.42 Å². The smallest absolute Gasteiger partial charge is 0.312 e. The van der Waals surface area contributed by atoms with Gasteiger partial charge in [-0.2, -0.15) is 0 Å². The van der Waals surface area contributed by atoms with Crippen LogP contribution in [0.2, 0.25) is 0 Å². The Morgan fingerprint density at radius 2 is 1.85 bits per heavy atom. The first-order valence-corrected chi connectivity index (χ1v) is 6.66. The molecule has 7 N–H and O–H groups in total. The molecule has 0 saturated heterocycles. The van der Waals surface area contributed by atoms with E-state index in [2.05, 4.69) is 10.6 Å². The first kappa shape index (κ1) is 18.2. The van der Waals surface area contributed by atoms with Crippen LogP contribution in [0.1, 0.15) is 39.0 Å². The minimum Gasteiger partial charge on any atom is -0.391 e. The highest BCUT2D eigenvalue weighted by Crippen LogP contribution is 2.00. The molecule has 20 heavy (non-hydrogen) atoms. The number of urea groups is 1. The second kappa shape index (κ2) is 10.0. The maximum atomic E-state index is 11.5. The third-order valence-corrected chi connectivity index (χ3v) is 2.75. The Hall–Kier alpha value is -1.83. The van der Waals surface area contributed by atoms with Gasteiger partial charge in [0.05, 0.1) is 6.10 Å². The fourth-order valence-corrected chi connectivity index (χ4v) is 1.59. The Bertz CT molecular complexity index is 335. The standard InChI is InChI=1S/C12H24N4O4/c1-2-3-4-8(17)7-15-10(18)6-5-9(11(13)19)16-12(14)20/h8-9,17H,2-7H2,1H3,(H2,13,19)(H,15,18)(H3,14,16,20)/t8?,9-/m0/s1. The van der Waals surface area contributed by atoms with Crippen LogP contribution in [0.5, 0.6) is 0 Å². The van der Waals surface area contributed by atoms with E-state index in [1.807, 2.05) is 6.92 Å². The van der Waals surface area contributed by atoms with Crippen molar-refractivity contribution in [1.29, 1.82) is 0 Å². The molecule has 8 heteroatoms. The van der Waals surface area contributed by atoms with Gasteiger partial charge in [-0.15, -0.1) is 0 Å². The Kier molecular flexibility index (Phi) is 9.10. The van der Waals surface area contributed by atoms with Crippen LogP contribution < -0.4 is 22.1 Å². The molecule has 0 aromatic heterocycles. The summed E-state index contributed by atoms with van der Waals surface area (Å²) in [5.74, 6) is -1.07. The average Bonchev–Trinajstić information content (AvgIpc) is 2.37. The topological polar surface area (TPSA) is 148 Å². The van der Waals surface area contributed by atoms with Gasteiger partial charge >= 0.3 is 6.03 Å². The number of amides is 4. The van der Waals surface area contributed by atoms with E-state index < -0.39 is 24.1 Å². The van der Waals surface area contributed by atoms with E-state index in [4.69, 9.17) is 11.5 Å². The predicted molar refractivity (Wildman–Crippen MR) is 73.5 cm³/mol. The molecule has 0 aliphatic carbocycles. The van der Waals surface area contributed by atoms with Crippen LogP contribution in [0, 0.1) is 0 Å². The zero-order chi connectivity index (χ0) is 15.5. The van der Waals surface area contributed by atoms with Crippen molar-refractivity contribution < 1.29 is 19.5 Å². The highest BCUT2D eigenvalue weighted by Gasteiger charge is 2.18. The number of nitrogens with one attached hydrogen (secondary N) is 2. The third kappa shape index (κ3) is 9.15. The lowest BCUT2D eigenvalue weighted by molar-refractivity contribution is -0.122. The Balaban J connectivity index is 3.95. The van der Waals surface area contributed by atoms with Gasteiger partial charge in [0.1, 0.15) is 6.04 Å². The largest absolute Gasteiger partial charge is 0.391 e. The molecule has 0 saturated carbocycles. The molecule has 2 atom stereocenters. The maximum Gasteiger partial charge on any atom is 0.312 e. The summed E-state index contributed by atoms with van der Waals surface area (Å²) in [6.07, 6.45) is 2.00. The molecule has 0 aromatic carbocycles. The van der Waals surface area contributed by atoms with Gasteiger partial charge in [-0.05, 0) is 12.8 Å². The lowest BCUT2D eigenvalue weighted by Gasteiger charge is -2.14. The van der Waals surface area contributed by atoms with Gasteiger partial charge in [0.15, 0.2) is 0 Å². The van der Waals surface area contributed by atoms with Gasteiger partial charge in [0.25, 0.3) is 0 Å². The van der Waals surface area contributed by atoms with Gasteiger partial charge in [0.2, 0.25) is 11.8 Å². The number of aliphatic hydroxyl groups is 1. The quantitative estimate of drug-likeness (QED) is 0.349. The van der Waals surface area contributed by atoms with Crippen LogP contribution in [0.25, 0.3) is 0 Å². The van der Waals surface area contributed by atoms with E-state index in [1.165, 1.54) is 0 Å². The van der Waals surface area contributed by atoms with E-state index >= 15 is 0 Å². The lowest BCUT2D eigenvalue weighted by atomic mass is 10.1. The van der Waals surface area contributed by atoms with Crippen LogP contribution in [0.4, 0.5) is 4.79 Å². The molecule has 0 fully saturated rings. The van der Waals surface area contributed by atoms with E-state index in [1.54, 1.807) is 0 Å². The summed E-state index contributed by atoms with van der Waals surface area (Å²) in [5, 5.41) is 14.3. The Morgan fingerprint density at radius 3 is 2.35 bits per heavy atom. The number of primary amides is 2. The molecule has 116 valence electrons. The van der Waals surface area contributed by atoms with Crippen LogP contribution >= 0.6 is 0 Å². The number of carbonyl (C=O) groups excluding carboxylic acids is 3. The lowest BCUT2D eigenvalue weighted by Crippen LogP contribution is -2.47. The molecular formula is C12H24N4O4. The molecule has 0 spiro atoms. The second-order valence-corrected chi connectivity index (χ2v) is 4.60. The van der Waals surface area contributed by atoms with Gasteiger partial charge in [-0.25, -0.2) is 4.79 Å². The molecule has 0 aliphatic heterocycles. The molecule has 0 aromatic rings. The monoisotopic (exact) mass is 288 g/mol. The molecule has 0 bridgehead atoms. The summed E-state index contributed by atoms with van der Waals surface area (Å²) in [7, 11) is 0. The summed E-state index contributed by atoms with van der Waals surface area (Å²) < 4.78 is 0. The van der Waals surface area contributed by atoms with Gasteiger partial charge in [-0.3, -0.25) is 9.59 Å². The van der Waals surface area contributed by atoms with Crippen molar-refractivity contribution in [2.24, 2.45) is 11.5 Å². The number of carbonyl (C=O) groups is 3. The summed E-state index contributed by atoms with van der Waals surface area (Å²) >= 11 is 0. The SMILES string of the molecule is CCCCC(O)CNC(=O)CC[C@H](NC(N)=O)C(N)=O. The first-order valence-electron chi connectivity index (χ1n) is 6.66. The van der Waals surface area contributed by atoms with Crippen molar-refractivity contribution in [2.75, 3.05) is 6.54 Å². The van der Waals surface area contributed by atoms with Crippen molar-refractivity contribution in [3.05, 3.63) is 0 Å². The summed E-state index contributed by atoms with van der Waals surface area (Å²) in [6.45, 7) is 2.18. The third-order valence-electron chi connectivity index (χ3n) is 2.75. The van der Waals surface area contributed by atoms with Crippen molar-refractivity contribution in [3.63, 3.8) is 0 Å². The summed E-state index contributed by atoms with van der Waals surface area (Å²) in [6, 6.07) is -1.84. The molecule has 0 aliphatic rings. The predicted octanol–water partition coefficient (Wildman–Crippen LogP) is -1.04. The molecular weight excluding hydrogens is 264 g/mol. The molecule has 8 nitrogen and oxygen atoms in total. The minimum atomic E-state index is -0.969. The molecule has 0 radical (unpaired) electrons. The fraction of sp³-hybridized carbons (Fsp3) is 0.750. The van der Waals surface area contributed by atoms with Gasteiger partial charge < -0.3 is 27.2 Å². The van der Waals surface area contributed by atoms with Crippen molar-refractivity contribution in [2.45, 2.75) is 51.2 Å². The molecule has 1 unspecified atom stereocenters. The van der Waals surface area contributed by atoms with E-state index in [-0.39, 0.29) is 25.3 Å². The zero-order valence-corrected chi connectivity index (χ0v) is 11.7. The highest BCUT2D eigenvalue weighted by atomic mass is 16.3. The van der Waals surface area contributed by atoms with Crippen molar-refractivity contribution in [3.8, 4) is 0 Å². The summed E-state index contributed by atoms with van der Waals surface area (Å²) in [4.78, 5) is 33.2. The Morgan fingerprint density at radius 1 is 1.20 bits per heavy atom. The van der Waals surface area contributed by atoms with Crippen molar-refractivity contribution >= 4 is 17.8 Å². The molecule has 0 heterocycles. The highest BCUT2D eigenvalue weighted by molar-refractivity contribution is 5.86. The molecule has 4 amide bonds. The van der Waals surface area contributed by atoms with Gasteiger partial charge in [0, 0.05) is 13.0 Å². The average molecular weight is 288 g/mol. The van der Waals surface area contributed by atoms with Gasteiger partial charge in [-0.1, -0.05) is 19.8 Å². The fourth-order valence-electron chi connectivity index (χ4n) is 1.59. The van der Waals surface area contributed by atoms with Crippen molar-refractivity contribution in [1.82, 2.24) is 10.6 Å². The van der Waals surface area contributed by atoms with E-state index in [9.17, 15) is 19.5 Å². The van der Waals surface area contributed by atoms with Crippen LogP contribution in [-0.2, 0) is 9.59 Å². The van der Waals surface area contributed by atoms with Crippen LogP contribution in [0.3, 0.4) is 0 Å². The summed E-state index contributed by atoms with van der Waals surface area (Å²) in [5.41, 5.74) is 9.96. The second-order valence-electron chi connectivity index (χ2n) is 4.60. The minimum absolute atomic E-state index is 0.00832. The number of nitrogens with two attached hydrogens (primary N) is 2. The number of unbranched alkanes of at least 4 members (excludes halogenated alkanes) is 1. The molecule has 0 rings (SSSR count). The number of hydrogen-bond acceptors (Lipinski definition) is 4. The number of aliphatic hydroxyl groups excluding tert-OH is 1. The van der Waals surface area contributed by atoms with Crippen LogP contribution in [0.15, 0.2) is 0 Å². The number of hydrogen-bond donors (Lipinski definition) is 5. The normalized spacial score (nSPS) is 13.3. The number of rotatable bonds is 10. The first-order chi connectivity index (χ1) is 9.36.